The molecule has 0 saturated heterocycles. The average molecular weight is 1320 g/mol. The van der Waals surface area contributed by atoms with E-state index in [1.165, 1.54) is 77.0 Å². The lowest BCUT2D eigenvalue weighted by Gasteiger charge is -2.28. The van der Waals surface area contributed by atoms with E-state index >= 15 is 0 Å². The first-order valence-electron chi connectivity index (χ1n) is 37.1. The Kier molecular flexibility index (Phi) is 68.2. The third-order valence-electron chi connectivity index (χ3n) is 15.1. The van der Waals surface area contributed by atoms with Crippen LogP contribution in [-0.4, -0.2) is 70.0 Å². The summed E-state index contributed by atoms with van der Waals surface area (Å²) in [5.41, 5.74) is 0. The van der Waals surface area contributed by atoms with Gasteiger partial charge in [-0.25, -0.2) is 0 Å². The molecule has 2 atom stereocenters. The van der Waals surface area contributed by atoms with Gasteiger partial charge in [0.05, 0.1) is 27.7 Å². The molecular formula is C84H136NO8P. The Bertz CT molecular complexity index is 2290. The van der Waals surface area contributed by atoms with Gasteiger partial charge in [-0.1, -0.05) is 311 Å². The summed E-state index contributed by atoms with van der Waals surface area (Å²) < 4.78 is 34.3. The zero-order valence-electron chi connectivity index (χ0n) is 60.3. The summed E-state index contributed by atoms with van der Waals surface area (Å²) in [6.07, 6.45) is 112. The highest BCUT2D eigenvalue weighted by Crippen LogP contribution is 2.38. The summed E-state index contributed by atoms with van der Waals surface area (Å²) in [7, 11) is 1.14. The Labute approximate surface area is 577 Å². The highest BCUT2D eigenvalue weighted by atomic mass is 31.2. The zero-order valence-corrected chi connectivity index (χ0v) is 61.2. The third-order valence-corrected chi connectivity index (χ3v) is 16.1. The van der Waals surface area contributed by atoms with Crippen molar-refractivity contribution in [2.45, 2.75) is 277 Å². The molecule has 0 aliphatic heterocycles. The number of allylic oxidation sites excluding steroid dienone is 32. The van der Waals surface area contributed by atoms with Gasteiger partial charge in [0.1, 0.15) is 19.8 Å². The molecule has 0 radical (unpaired) electrons. The van der Waals surface area contributed by atoms with Gasteiger partial charge in [0, 0.05) is 12.8 Å². The lowest BCUT2D eigenvalue weighted by molar-refractivity contribution is -0.870. The van der Waals surface area contributed by atoms with E-state index in [1.54, 1.807) is 0 Å². The number of phosphoric ester groups is 1. The summed E-state index contributed by atoms with van der Waals surface area (Å²) >= 11 is 0. The molecule has 0 fully saturated rings. The topological polar surface area (TPSA) is 111 Å². The van der Waals surface area contributed by atoms with Crippen LogP contribution in [0.2, 0.25) is 0 Å². The van der Waals surface area contributed by atoms with Crippen LogP contribution < -0.4 is 4.89 Å². The third kappa shape index (κ3) is 75.9. The first-order chi connectivity index (χ1) is 46.0. The first-order valence-corrected chi connectivity index (χ1v) is 38.6. The SMILES string of the molecule is CC/C=C\C/C=C\C/C=C\C/C=C\C/C=C\C/C=C\C/C=C\C/C=C\CCCCCCCCCCCCC(=O)OCC(COP(=O)([O-])OCC[N+](C)(C)C)OC(=O)CCCCCCCCCCCC/C=C\C/C=C\C/C=C\C/C=C\C/C=C\C/C=C\C/C=C\C/C=C\CC. The number of likely N-dealkylation sites (N-methyl/N-ethyl adjacent to an activating group) is 1. The Morgan fingerprint density at radius 3 is 0.851 bits per heavy atom. The molecule has 0 aromatic heterocycles. The molecule has 10 heteroatoms. The van der Waals surface area contributed by atoms with Crippen LogP contribution in [0.4, 0.5) is 0 Å². The van der Waals surface area contributed by atoms with Gasteiger partial charge < -0.3 is 27.9 Å². The van der Waals surface area contributed by atoms with E-state index in [0.717, 1.165) is 154 Å². The van der Waals surface area contributed by atoms with E-state index in [9.17, 15) is 19.0 Å². The largest absolute Gasteiger partial charge is 0.756 e. The standard InChI is InChI=1S/C84H136NO8P/c1-6-8-10-12-14-16-18-20-22-24-26-28-30-32-34-36-38-40-42-44-46-48-50-52-54-56-58-60-62-64-66-68-70-72-74-76-83(86)90-80-82(81-92-94(88,89)91-79-78-85(3,4)5)93-84(87)77-75-73-71-69-67-65-63-61-59-57-55-53-51-49-47-45-43-41-39-37-35-33-31-29-27-25-23-21-19-17-15-13-11-9-7-2/h8-11,14-17,20-23,26-29,32-35,38-41,44-47,50-53,82H,6-7,12-13,18-19,24-25,30-31,36-37,42-43,48-49,54-81H2,1-5H3/b10-8-,11-9-,16-14-,17-15-,22-20-,23-21-,28-26-,29-27-,34-32-,35-33-,40-38-,41-39-,46-44-,47-45-,52-50-,53-51-. The minimum Gasteiger partial charge on any atom is -0.756 e. The summed E-state index contributed by atoms with van der Waals surface area (Å²) in [5.74, 6) is -0.853. The van der Waals surface area contributed by atoms with Gasteiger partial charge in [-0.2, -0.15) is 0 Å². The van der Waals surface area contributed by atoms with Crippen LogP contribution in [0.3, 0.4) is 0 Å². The van der Waals surface area contributed by atoms with E-state index in [0.29, 0.717) is 23.9 Å². The van der Waals surface area contributed by atoms with Gasteiger partial charge >= 0.3 is 11.9 Å². The lowest BCUT2D eigenvalue weighted by atomic mass is 10.0. The molecule has 530 valence electrons. The van der Waals surface area contributed by atoms with Crippen LogP contribution in [0.1, 0.15) is 271 Å². The number of carbonyl (C=O) groups is 2. The Balaban J connectivity index is 4.12. The molecule has 0 aliphatic rings. The first kappa shape index (κ1) is 88.8. The van der Waals surface area contributed by atoms with Crippen molar-refractivity contribution in [2.75, 3.05) is 47.5 Å². The summed E-state index contributed by atoms with van der Waals surface area (Å²) in [6.45, 7) is 3.99. The van der Waals surface area contributed by atoms with Crippen molar-refractivity contribution in [2.24, 2.45) is 0 Å². The highest BCUT2D eigenvalue weighted by molar-refractivity contribution is 7.45. The van der Waals surface area contributed by atoms with Crippen molar-refractivity contribution >= 4 is 19.8 Å². The van der Waals surface area contributed by atoms with E-state index in [4.69, 9.17) is 18.5 Å². The van der Waals surface area contributed by atoms with E-state index in [2.05, 4.69) is 208 Å². The van der Waals surface area contributed by atoms with Gasteiger partial charge in [0.15, 0.2) is 6.10 Å². The molecule has 0 spiro atoms. The van der Waals surface area contributed by atoms with Crippen molar-refractivity contribution in [1.29, 1.82) is 0 Å². The number of ether oxygens (including phenoxy) is 2. The lowest BCUT2D eigenvalue weighted by Crippen LogP contribution is -2.37. The van der Waals surface area contributed by atoms with Gasteiger partial charge in [-0.3, -0.25) is 14.2 Å². The number of esters is 2. The van der Waals surface area contributed by atoms with Gasteiger partial charge in [-0.15, -0.1) is 0 Å². The predicted octanol–water partition coefficient (Wildman–Crippen LogP) is 24.2. The van der Waals surface area contributed by atoms with E-state index in [1.807, 2.05) is 21.1 Å². The number of phosphoric acid groups is 1. The average Bonchev–Trinajstić information content (AvgIpc) is 2.35. The van der Waals surface area contributed by atoms with Crippen molar-refractivity contribution in [1.82, 2.24) is 0 Å². The molecular weight excluding hydrogens is 1180 g/mol. The second-order valence-corrected chi connectivity index (χ2v) is 26.6. The van der Waals surface area contributed by atoms with Crippen LogP contribution in [-0.2, 0) is 32.7 Å². The summed E-state index contributed by atoms with van der Waals surface area (Å²) in [4.78, 5) is 38.1. The van der Waals surface area contributed by atoms with Crippen molar-refractivity contribution in [3.63, 3.8) is 0 Å². The maximum absolute atomic E-state index is 12.9. The predicted molar refractivity (Wildman–Crippen MR) is 406 cm³/mol. The number of nitrogens with zero attached hydrogens (tertiary/aromatic N) is 1. The van der Waals surface area contributed by atoms with Crippen LogP contribution >= 0.6 is 7.82 Å². The molecule has 94 heavy (non-hydrogen) atoms. The molecule has 0 amide bonds. The number of hydrogen-bond donors (Lipinski definition) is 0. The van der Waals surface area contributed by atoms with Crippen LogP contribution in [0.5, 0.6) is 0 Å². The molecule has 0 aromatic rings. The van der Waals surface area contributed by atoms with Crippen molar-refractivity contribution in [3.8, 4) is 0 Å². The molecule has 0 aromatic carbocycles. The zero-order chi connectivity index (χ0) is 68.3. The van der Waals surface area contributed by atoms with Gasteiger partial charge in [-0.05, 0) is 141 Å². The summed E-state index contributed by atoms with van der Waals surface area (Å²) in [6, 6.07) is 0. The second kappa shape index (κ2) is 72.1. The van der Waals surface area contributed by atoms with Gasteiger partial charge in [0.25, 0.3) is 7.82 Å². The Morgan fingerprint density at radius 2 is 0.574 bits per heavy atom. The Morgan fingerprint density at radius 1 is 0.330 bits per heavy atom. The van der Waals surface area contributed by atoms with E-state index in [-0.39, 0.29) is 26.1 Å². The molecule has 2 unspecified atom stereocenters. The number of quaternary nitrogens is 1. The number of carbonyl (C=O) groups excluding carboxylic acids is 2. The molecule has 0 saturated carbocycles. The Hall–Kier alpha value is -5.15. The quantitative estimate of drug-likeness (QED) is 0.0195. The molecule has 0 N–H and O–H groups in total. The second-order valence-electron chi connectivity index (χ2n) is 25.2. The van der Waals surface area contributed by atoms with Crippen LogP contribution in [0.15, 0.2) is 194 Å². The van der Waals surface area contributed by atoms with E-state index < -0.39 is 32.5 Å². The normalized spacial score (nSPS) is 14.2. The van der Waals surface area contributed by atoms with Crippen molar-refractivity contribution < 1.29 is 42.1 Å². The molecule has 0 rings (SSSR count). The summed E-state index contributed by atoms with van der Waals surface area (Å²) in [5, 5.41) is 0. The maximum Gasteiger partial charge on any atom is 0.306 e. The number of hydrogen-bond acceptors (Lipinski definition) is 8. The fourth-order valence-electron chi connectivity index (χ4n) is 9.51. The molecule has 0 aliphatic carbocycles. The maximum atomic E-state index is 12.9. The van der Waals surface area contributed by atoms with Crippen molar-refractivity contribution in [3.05, 3.63) is 194 Å². The monoisotopic (exact) mass is 1320 g/mol. The minimum absolute atomic E-state index is 0.0421. The minimum atomic E-state index is -4.66. The molecule has 0 bridgehead atoms. The van der Waals surface area contributed by atoms with Gasteiger partial charge in [0.2, 0.25) is 0 Å². The fourth-order valence-corrected chi connectivity index (χ4v) is 10.2. The highest BCUT2D eigenvalue weighted by Gasteiger charge is 2.22. The molecule has 0 heterocycles. The smallest absolute Gasteiger partial charge is 0.306 e. The van der Waals surface area contributed by atoms with Crippen LogP contribution in [0.25, 0.3) is 0 Å². The number of rotatable bonds is 66. The molecule has 9 nitrogen and oxygen atoms in total. The number of unbranched alkanes of at least 4 members (excludes halogenated alkanes) is 20. The fraction of sp³-hybridized carbons (Fsp3) is 0.595. The van der Waals surface area contributed by atoms with Crippen LogP contribution in [0, 0.1) is 0 Å².